The summed E-state index contributed by atoms with van der Waals surface area (Å²) in [6.45, 7) is 1.71. The molecule has 0 aliphatic rings. The van der Waals surface area contributed by atoms with Crippen molar-refractivity contribution >= 4 is 35.0 Å². The Morgan fingerprint density at radius 2 is 2.31 bits per heavy atom. The molecule has 2 nitrogen and oxygen atoms in total. The lowest BCUT2D eigenvalue weighted by atomic mass is 10.2. The predicted octanol–water partition coefficient (Wildman–Crippen LogP) is 2.98. The molecule has 70 valence electrons. The maximum absolute atomic E-state index is 11.0. The number of halogens is 1. The molecule has 0 saturated heterocycles. The van der Waals surface area contributed by atoms with Crippen molar-refractivity contribution in [1.29, 1.82) is 0 Å². The Hall–Kier alpha value is -0.800. The fraction of sp³-hybridized carbons (Fsp3) is 0.222. The van der Waals surface area contributed by atoms with Crippen LogP contribution in [0.3, 0.4) is 0 Å². The van der Waals surface area contributed by atoms with Crippen molar-refractivity contribution in [1.82, 2.24) is 0 Å². The van der Waals surface area contributed by atoms with Crippen LogP contribution >= 0.6 is 22.9 Å². The summed E-state index contributed by atoms with van der Waals surface area (Å²) in [6.07, 6.45) is 1.75. The van der Waals surface area contributed by atoms with E-state index in [4.69, 9.17) is 11.6 Å². The molecule has 1 rings (SSSR count). The summed E-state index contributed by atoms with van der Waals surface area (Å²) >= 11 is 7.16. The maximum atomic E-state index is 11.0. The van der Waals surface area contributed by atoms with Gasteiger partial charge >= 0.3 is 5.97 Å². The minimum absolute atomic E-state index is 0.315. The second kappa shape index (κ2) is 4.44. The van der Waals surface area contributed by atoms with E-state index in [1.165, 1.54) is 18.4 Å². The molecule has 0 aliphatic heterocycles. The zero-order valence-electron chi connectivity index (χ0n) is 7.33. The molecule has 0 atom stereocenters. The van der Waals surface area contributed by atoms with Crippen molar-refractivity contribution < 1.29 is 9.53 Å². The van der Waals surface area contributed by atoms with E-state index >= 15 is 0 Å². The number of ether oxygens (including phenoxy) is 1. The zero-order valence-corrected chi connectivity index (χ0v) is 8.91. The molecule has 13 heavy (non-hydrogen) atoms. The van der Waals surface area contributed by atoms with Crippen LogP contribution in [0.1, 0.15) is 11.8 Å². The molecule has 1 heterocycles. The molecule has 4 heteroatoms. The average molecular weight is 217 g/mol. The lowest BCUT2D eigenvalue weighted by molar-refractivity contribution is -0.135. The summed E-state index contributed by atoms with van der Waals surface area (Å²) < 4.78 is 5.27. The van der Waals surface area contributed by atoms with Gasteiger partial charge in [0.1, 0.15) is 0 Å². The van der Waals surface area contributed by atoms with Gasteiger partial charge in [-0.05, 0) is 25.1 Å². The van der Waals surface area contributed by atoms with Crippen LogP contribution in [0.2, 0.25) is 4.34 Å². The SMILES string of the molecule is COC(=O)/C(C)=C/c1ccc(Cl)s1. The first-order valence-electron chi connectivity index (χ1n) is 3.65. The number of carbonyl (C=O) groups excluding carboxylic acids is 1. The van der Waals surface area contributed by atoms with Crippen molar-refractivity contribution in [3.63, 3.8) is 0 Å². The number of rotatable bonds is 2. The van der Waals surface area contributed by atoms with Crippen LogP contribution in [-0.4, -0.2) is 13.1 Å². The van der Waals surface area contributed by atoms with Gasteiger partial charge in [0.2, 0.25) is 0 Å². The second-order valence-electron chi connectivity index (χ2n) is 2.46. The highest BCUT2D eigenvalue weighted by Crippen LogP contribution is 2.23. The van der Waals surface area contributed by atoms with Gasteiger partial charge in [-0.2, -0.15) is 0 Å². The van der Waals surface area contributed by atoms with Crippen molar-refractivity contribution in [3.05, 3.63) is 26.9 Å². The van der Waals surface area contributed by atoms with Crippen molar-refractivity contribution in [2.75, 3.05) is 7.11 Å². The molecule has 1 aromatic rings. The Morgan fingerprint density at radius 3 is 2.77 bits per heavy atom. The van der Waals surface area contributed by atoms with Crippen LogP contribution in [-0.2, 0) is 9.53 Å². The predicted molar refractivity (Wildman–Crippen MR) is 55.0 cm³/mol. The molecule has 0 saturated carbocycles. The van der Waals surface area contributed by atoms with Gasteiger partial charge in [-0.25, -0.2) is 4.79 Å². The topological polar surface area (TPSA) is 26.3 Å². The summed E-state index contributed by atoms with van der Waals surface area (Å²) in [5.41, 5.74) is 0.570. The van der Waals surface area contributed by atoms with E-state index in [2.05, 4.69) is 4.74 Å². The molecule has 0 fully saturated rings. The van der Waals surface area contributed by atoms with Gasteiger partial charge in [-0.3, -0.25) is 0 Å². The number of carbonyl (C=O) groups is 1. The first-order chi connectivity index (χ1) is 6.13. The number of hydrogen-bond acceptors (Lipinski definition) is 3. The Kier molecular flexibility index (Phi) is 3.51. The fourth-order valence-corrected chi connectivity index (χ4v) is 1.90. The highest BCUT2D eigenvalue weighted by molar-refractivity contribution is 7.17. The van der Waals surface area contributed by atoms with Gasteiger partial charge < -0.3 is 4.74 Å². The highest BCUT2D eigenvalue weighted by Gasteiger charge is 2.03. The van der Waals surface area contributed by atoms with E-state index in [1.54, 1.807) is 19.1 Å². The van der Waals surface area contributed by atoms with E-state index in [1.807, 2.05) is 6.07 Å². The molecule has 0 aliphatic carbocycles. The molecule has 0 spiro atoms. The number of hydrogen-bond donors (Lipinski definition) is 0. The molecule has 0 aromatic carbocycles. The third-order valence-electron chi connectivity index (χ3n) is 1.46. The summed E-state index contributed by atoms with van der Waals surface area (Å²) in [4.78, 5) is 12.0. The zero-order chi connectivity index (χ0) is 9.84. The summed E-state index contributed by atoms with van der Waals surface area (Å²) in [6, 6.07) is 3.65. The van der Waals surface area contributed by atoms with Crippen molar-refractivity contribution in [2.45, 2.75) is 6.92 Å². The van der Waals surface area contributed by atoms with E-state index < -0.39 is 0 Å². The second-order valence-corrected chi connectivity index (χ2v) is 4.21. The molecule has 0 N–H and O–H groups in total. The number of methoxy groups -OCH3 is 1. The third-order valence-corrected chi connectivity index (χ3v) is 2.64. The molecular weight excluding hydrogens is 208 g/mol. The Balaban J connectivity index is 2.82. The first kappa shape index (κ1) is 10.3. The van der Waals surface area contributed by atoms with Crippen LogP contribution in [0.5, 0.6) is 0 Å². The monoisotopic (exact) mass is 216 g/mol. The maximum Gasteiger partial charge on any atom is 0.333 e. The summed E-state index contributed by atoms with van der Waals surface area (Å²) in [5, 5.41) is 0. The van der Waals surface area contributed by atoms with Crippen LogP contribution in [0.25, 0.3) is 6.08 Å². The smallest absolute Gasteiger partial charge is 0.333 e. The quantitative estimate of drug-likeness (QED) is 0.561. The molecule has 0 radical (unpaired) electrons. The Bertz CT molecular complexity index is 341. The summed E-state index contributed by atoms with van der Waals surface area (Å²) in [5.74, 6) is -0.315. The van der Waals surface area contributed by atoms with Crippen LogP contribution in [0, 0.1) is 0 Å². The number of thiophene rings is 1. The minimum atomic E-state index is -0.315. The van der Waals surface area contributed by atoms with E-state index in [9.17, 15) is 4.79 Å². The molecule has 0 unspecified atom stereocenters. The van der Waals surface area contributed by atoms with Gasteiger partial charge in [0.05, 0.1) is 11.4 Å². The lowest BCUT2D eigenvalue weighted by Crippen LogP contribution is -2.00. The lowest BCUT2D eigenvalue weighted by Gasteiger charge is -1.96. The summed E-state index contributed by atoms with van der Waals surface area (Å²) in [7, 11) is 1.36. The van der Waals surface area contributed by atoms with E-state index in [-0.39, 0.29) is 5.97 Å². The van der Waals surface area contributed by atoms with Crippen LogP contribution in [0.4, 0.5) is 0 Å². The normalized spacial score (nSPS) is 11.5. The first-order valence-corrected chi connectivity index (χ1v) is 4.85. The van der Waals surface area contributed by atoms with Crippen molar-refractivity contribution in [2.24, 2.45) is 0 Å². The van der Waals surface area contributed by atoms with E-state index in [0.717, 1.165) is 4.88 Å². The molecule has 0 bridgehead atoms. The van der Waals surface area contributed by atoms with Gasteiger partial charge in [0, 0.05) is 10.5 Å². The van der Waals surface area contributed by atoms with Crippen LogP contribution < -0.4 is 0 Å². The third kappa shape index (κ3) is 2.86. The Labute approximate surface area is 85.8 Å². The van der Waals surface area contributed by atoms with Gasteiger partial charge in [0.25, 0.3) is 0 Å². The standard InChI is InChI=1S/C9H9ClO2S/c1-6(9(11)12-2)5-7-3-4-8(10)13-7/h3-5H,1-2H3/b6-5+. The molecular formula is C9H9ClO2S. The highest BCUT2D eigenvalue weighted by atomic mass is 35.5. The van der Waals surface area contributed by atoms with E-state index in [0.29, 0.717) is 9.91 Å². The largest absolute Gasteiger partial charge is 0.466 e. The van der Waals surface area contributed by atoms with Crippen molar-refractivity contribution in [3.8, 4) is 0 Å². The van der Waals surface area contributed by atoms with Gasteiger partial charge in [0.15, 0.2) is 0 Å². The Morgan fingerprint density at radius 1 is 1.62 bits per heavy atom. The minimum Gasteiger partial charge on any atom is -0.466 e. The van der Waals surface area contributed by atoms with Gasteiger partial charge in [-0.15, -0.1) is 11.3 Å². The van der Waals surface area contributed by atoms with Gasteiger partial charge in [-0.1, -0.05) is 11.6 Å². The average Bonchev–Trinajstić information content (AvgIpc) is 2.49. The fourth-order valence-electron chi connectivity index (χ4n) is 0.839. The molecule has 0 amide bonds. The van der Waals surface area contributed by atoms with Crippen LogP contribution in [0.15, 0.2) is 17.7 Å². The molecule has 1 aromatic heterocycles. The number of esters is 1.